The van der Waals surface area contributed by atoms with Crippen LogP contribution in [0.2, 0.25) is 0 Å². The van der Waals surface area contributed by atoms with Gasteiger partial charge in [0, 0.05) is 37.3 Å². The Morgan fingerprint density at radius 1 is 1.29 bits per heavy atom. The molecule has 2 aliphatic rings. The zero-order chi connectivity index (χ0) is 16.5. The fraction of sp³-hybridized carbons (Fsp3) is 0.500. The average Bonchev–Trinajstić information content (AvgIpc) is 2.81. The molecule has 128 valence electrons. The summed E-state index contributed by atoms with van der Waals surface area (Å²) in [7, 11) is 2.03. The zero-order valence-electron chi connectivity index (χ0n) is 13.8. The number of hydrogen-bond acceptors (Lipinski definition) is 4. The van der Waals surface area contributed by atoms with E-state index in [1.54, 1.807) is 0 Å². The lowest BCUT2D eigenvalue weighted by atomic mass is 9.93. The van der Waals surface area contributed by atoms with Gasteiger partial charge < -0.3 is 14.8 Å². The molecule has 0 saturated heterocycles. The van der Waals surface area contributed by atoms with Crippen LogP contribution in [-0.4, -0.2) is 23.0 Å². The highest BCUT2D eigenvalue weighted by Gasteiger charge is 2.23. The smallest absolute Gasteiger partial charge is 0.175 e. The van der Waals surface area contributed by atoms with Crippen LogP contribution in [0.1, 0.15) is 42.1 Å². The third-order valence-electron chi connectivity index (χ3n) is 4.79. The molecule has 0 unspecified atom stereocenters. The van der Waals surface area contributed by atoms with E-state index >= 15 is 0 Å². The summed E-state index contributed by atoms with van der Waals surface area (Å²) in [5, 5.41) is 8.10. The van der Waals surface area contributed by atoms with Gasteiger partial charge in [0.2, 0.25) is 0 Å². The first-order valence-corrected chi connectivity index (χ1v) is 9.34. The number of aryl methyl sites for hydroxylation is 1. The minimum atomic E-state index is 0.372. The Hall–Kier alpha value is -1.53. The third-order valence-corrected chi connectivity index (χ3v) is 5.38. The molecule has 24 heavy (non-hydrogen) atoms. The number of ether oxygens (including phenoxy) is 2. The molecule has 1 aromatic heterocycles. The maximum Gasteiger partial charge on any atom is 0.175 e. The van der Waals surface area contributed by atoms with Gasteiger partial charge in [0.1, 0.15) is 0 Å². The first-order chi connectivity index (χ1) is 11.7. The molecule has 2 heterocycles. The molecule has 6 heteroatoms. The van der Waals surface area contributed by atoms with Crippen molar-refractivity contribution in [2.75, 3.05) is 13.2 Å². The van der Waals surface area contributed by atoms with Crippen molar-refractivity contribution in [3.63, 3.8) is 0 Å². The van der Waals surface area contributed by atoms with E-state index in [0.29, 0.717) is 19.3 Å². The molecule has 0 fully saturated rings. The third kappa shape index (κ3) is 3.05. The maximum absolute atomic E-state index is 5.83. The minimum absolute atomic E-state index is 0.372. The van der Waals surface area contributed by atoms with Crippen molar-refractivity contribution in [1.29, 1.82) is 0 Å². The van der Waals surface area contributed by atoms with Gasteiger partial charge in [-0.25, -0.2) is 0 Å². The molecule has 0 radical (unpaired) electrons. The summed E-state index contributed by atoms with van der Waals surface area (Å²) in [4.78, 5) is 0. The van der Waals surface area contributed by atoms with E-state index < -0.39 is 0 Å². The molecule has 1 atom stereocenters. The standard InChI is InChI=1S/C18H22BrN3O2/c1-22-16-5-2-4-15(13(16)11-21-22)20-10-12-8-14(19)18-17(9-12)23-6-3-7-24-18/h8-9,11,15,20H,2-7,10H2,1H3/t15-/m0/s1. The summed E-state index contributed by atoms with van der Waals surface area (Å²) in [6.07, 6.45) is 6.41. The van der Waals surface area contributed by atoms with E-state index in [2.05, 4.69) is 38.5 Å². The lowest BCUT2D eigenvalue weighted by Gasteiger charge is -2.24. The molecule has 1 aromatic carbocycles. The zero-order valence-corrected chi connectivity index (χ0v) is 15.4. The van der Waals surface area contributed by atoms with Crippen LogP contribution in [0.3, 0.4) is 0 Å². The van der Waals surface area contributed by atoms with Crippen LogP contribution in [0, 0.1) is 0 Å². The summed E-state index contributed by atoms with van der Waals surface area (Å²) in [5.41, 5.74) is 3.90. The Morgan fingerprint density at radius 2 is 2.17 bits per heavy atom. The summed E-state index contributed by atoms with van der Waals surface area (Å²) >= 11 is 3.62. The highest BCUT2D eigenvalue weighted by atomic mass is 79.9. The normalized spacial score (nSPS) is 19.7. The number of aromatic nitrogens is 2. The molecule has 1 aliphatic carbocycles. The predicted molar refractivity (Wildman–Crippen MR) is 95.5 cm³/mol. The van der Waals surface area contributed by atoms with Gasteiger partial charge in [0.25, 0.3) is 0 Å². The second kappa shape index (κ2) is 6.76. The van der Waals surface area contributed by atoms with Crippen LogP contribution in [-0.2, 0) is 20.0 Å². The molecule has 0 bridgehead atoms. The summed E-state index contributed by atoms with van der Waals surface area (Å²) in [6.45, 7) is 2.21. The summed E-state index contributed by atoms with van der Waals surface area (Å²) in [5.74, 6) is 1.66. The van der Waals surface area contributed by atoms with Crippen LogP contribution >= 0.6 is 15.9 Å². The molecular weight excluding hydrogens is 370 g/mol. The van der Waals surface area contributed by atoms with Gasteiger partial charge in [0.05, 0.1) is 23.9 Å². The predicted octanol–water partition coefficient (Wildman–Crippen LogP) is 3.51. The van der Waals surface area contributed by atoms with Gasteiger partial charge in [0.15, 0.2) is 11.5 Å². The SMILES string of the molecule is Cn1ncc2c1CCC[C@@H]2NCc1cc(Br)c2c(c1)OCCCO2. The molecule has 0 amide bonds. The Bertz CT molecular complexity index is 744. The molecule has 0 saturated carbocycles. The first-order valence-electron chi connectivity index (χ1n) is 8.54. The van der Waals surface area contributed by atoms with E-state index in [4.69, 9.17) is 9.47 Å². The monoisotopic (exact) mass is 391 g/mol. The first kappa shape index (κ1) is 16.0. The molecule has 2 aromatic rings. The lowest BCUT2D eigenvalue weighted by molar-refractivity contribution is 0.296. The highest BCUT2D eigenvalue weighted by molar-refractivity contribution is 9.10. The van der Waals surface area contributed by atoms with E-state index in [-0.39, 0.29) is 0 Å². The van der Waals surface area contributed by atoms with Crippen molar-refractivity contribution in [2.45, 2.75) is 38.3 Å². The van der Waals surface area contributed by atoms with Crippen LogP contribution in [0.4, 0.5) is 0 Å². The highest BCUT2D eigenvalue weighted by Crippen LogP contribution is 2.38. The fourth-order valence-corrected chi connectivity index (χ4v) is 4.15. The van der Waals surface area contributed by atoms with Crippen molar-refractivity contribution in [1.82, 2.24) is 15.1 Å². The van der Waals surface area contributed by atoms with Crippen molar-refractivity contribution >= 4 is 15.9 Å². The molecule has 0 spiro atoms. The quantitative estimate of drug-likeness (QED) is 0.869. The van der Waals surface area contributed by atoms with Crippen LogP contribution in [0.5, 0.6) is 11.5 Å². The van der Waals surface area contributed by atoms with E-state index in [9.17, 15) is 0 Å². The number of nitrogens with one attached hydrogen (secondary N) is 1. The second-order valence-corrected chi connectivity index (χ2v) is 7.31. The molecule has 5 nitrogen and oxygen atoms in total. The topological polar surface area (TPSA) is 48.3 Å². The van der Waals surface area contributed by atoms with E-state index in [0.717, 1.165) is 41.8 Å². The Labute approximate surface area is 150 Å². The van der Waals surface area contributed by atoms with E-state index in [1.807, 2.05) is 17.9 Å². The Kier molecular flexibility index (Phi) is 4.50. The van der Waals surface area contributed by atoms with Crippen LogP contribution in [0.15, 0.2) is 22.8 Å². The molecule has 1 N–H and O–H groups in total. The van der Waals surface area contributed by atoms with Gasteiger partial charge in [-0.3, -0.25) is 4.68 Å². The van der Waals surface area contributed by atoms with Crippen molar-refractivity contribution in [3.8, 4) is 11.5 Å². The van der Waals surface area contributed by atoms with E-state index in [1.165, 1.54) is 23.2 Å². The van der Waals surface area contributed by atoms with Crippen molar-refractivity contribution in [3.05, 3.63) is 39.6 Å². The lowest BCUT2D eigenvalue weighted by Crippen LogP contribution is -2.25. The summed E-state index contributed by atoms with van der Waals surface area (Å²) in [6, 6.07) is 4.58. The number of halogens is 1. The Balaban J connectivity index is 1.51. The second-order valence-electron chi connectivity index (χ2n) is 6.45. The summed E-state index contributed by atoms with van der Waals surface area (Å²) < 4.78 is 14.6. The average molecular weight is 392 g/mol. The largest absolute Gasteiger partial charge is 0.490 e. The number of hydrogen-bond donors (Lipinski definition) is 1. The number of benzene rings is 1. The number of fused-ring (bicyclic) bond motifs is 2. The van der Waals surface area contributed by atoms with Crippen molar-refractivity contribution in [2.24, 2.45) is 7.05 Å². The van der Waals surface area contributed by atoms with Crippen LogP contribution in [0.25, 0.3) is 0 Å². The van der Waals surface area contributed by atoms with Crippen LogP contribution < -0.4 is 14.8 Å². The van der Waals surface area contributed by atoms with Gasteiger partial charge in [-0.15, -0.1) is 0 Å². The fourth-order valence-electron chi connectivity index (χ4n) is 3.55. The van der Waals surface area contributed by atoms with Gasteiger partial charge in [-0.1, -0.05) is 0 Å². The number of rotatable bonds is 3. The molecular formula is C18H22BrN3O2. The van der Waals surface area contributed by atoms with Gasteiger partial charge in [-0.2, -0.15) is 5.10 Å². The minimum Gasteiger partial charge on any atom is -0.490 e. The molecule has 4 rings (SSSR count). The van der Waals surface area contributed by atoms with Crippen molar-refractivity contribution < 1.29 is 9.47 Å². The number of nitrogens with zero attached hydrogens (tertiary/aromatic N) is 2. The maximum atomic E-state index is 5.83. The molecule has 1 aliphatic heterocycles. The van der Waals surface area contributed by atoms with Gasteiger partial charge >= 0.3 is 0 Å². The Morgan fingerprint density at radius 3 is 3.08 bits per heavy atom. The van der Waals surface area contributed by atoms with Gasteiger partial charge in [-0.05, 0) is 52.9 Å².